The van der Waals surface area contributed by atoms with Crippen LogP contribution >= 0.6 is 7.37 Å². The summed E-state index contributed by atoms with van der Waals surface area (Å²) in [5.41, 5.74) is -1.54. The Morgan fingerprint density at radius 2 is 1.66 bits per heavy atom. The summed E-state index contributed by atoms with van der Waals surface area (Å²) in [6.07, 6.45) is -0.661. The summed E-state index contributed by atoms with van der Waals surface area (Å²) in [7, 11) is -3.92. The van der Waals surface area contributed by atoms with Gasteiger partial charge in [-0.2, -0.15) is 13.2 Å². The van der Waals surface area contributed by atoms with Crippen LogP contribution in [0.5, 0.6) is 0 Å². The molecule has 4 fully saturated rings. The van der Waals surface area contributed by atoms with Crippen LogP contribution in [0.4, 0.5) is 34.1 Å². The molecule has 3 unspecified atom stereocenters. The second-order valence-corrected chi connectivity index (χ2v) is 18.3. The first-order valence-electron chi connectivity index (χ1n) is 18.2. The van der Waals surface area contributed by atoms with Crippen LogP contribution < -0.4 is 20.9 Å². The van der Waals surface area contributed by atoms with Crippen LogP contribution in [0, 0.1) is 11.3 Å². The Morgan fingerprint density at radius 3 is 2.23 bits per heavy atom. The first-order valence-corrected chi connectivity index (χ1v) is 20.3. The quantitative estimate of drug-likeness (QED) is 0.160. The van der Waals surface area contributed by atoms with E-state index in [-0.39, 0.29) is 31.2 Å². The first kappa shape index (κ1) is 40.4. The van der Waals surface area contributed by atoms with Crippen LogP contribution in [-0.4, -0.2) is 89.7 Å². The summed E-state index contributed by atoms with van der Waals surface area (Å²) in [6.45, 7) is 10.9. The number of ether oxygens (including phenoxy) is 2. The highest BCUT2D eigenvalue weighted by Crippen LogP contribution is 2.67. The third-order valence-electron chi connectivity index (χ3n) is 10.7. The van der Waals surface area contributed by atoms with Crippen LogP contribution in [0.3, 0.4) is 0 Å². The molecule has 5 rings (SSSR count). The number of alkyl carbamates (subject to hydrolysis) is 1. The molecular formula is C36H51F3N5O8P. The average molecular weight is 770 g/mol. The fourth-order valence-electron chi connectivity index (χ4n) is 7.59. The highest BCUT2D eigenvalue weighted by Gasteiger charge is 2.64. The fraction of sp³-hybridized carbons (Fsp3) is 0.667. The van der Waals surface area contributed by atoms with Crippen molar-refractivity contribution in [1.82, 2.24) is 15.5 Å². The third-order valence-corrected chi connectivity index (χ3v) is 12.8. The van der Waals surface area contributed by atoms with Crippen molar-refractivity contribution in [2.45, 2.75) is 114 Å². The molecule has 0 spiro atoms. The minimum atomic E-state index is -4.67. The van der Waals surface area contributed by atoms with Crippen molar-refractivity contribution in [1.29, 1.82) is 0 Å². The minimum absolute atomic E-state index is 0.0995. The Bertz CT molecular complexity index is 1620. The van der Waals surface area contributed by atoms with E-state index in [0.717, 1.165) is 50.9 Å². The van der Waals surface area contributed by atoms with E-state index in [1.54, 1.807) is 20.8 Å². The summed E-state index contributed by atoms with van der Waals surface area (Å²) in [4.78, 5) is 68.3. The van der Waals surface area contributed by atoms with Gasteiger partial charge in [-0.1, -0.05) is 26.8 Å². The Kier molecular flexibility index (Phi) is 11.8. The molecule has 2 heterocycles. The van der Waals surface area contributed by atoms with E-state index in [2.05, 4.69) is 22.5 Å². The molecule has 0 bridgehead atoms. The molecule has 0 aromatic heterocycles. The fourth-order valence-corrected chi connectivity index (χ4v) is 9.16. The maximum absolute atomic E-state index is 14.3. The lowest BCUT2D eigenvalue weighted by atomic mass is 9.85. The van der Waals surface area contributed by atoms with Crippen LogP contribution in [0.15, 0.2) is 30.9 Å². The molecule has 0 radical (unpaired) electrons. The highest BCUT2D eigenvalue weighted by atomic mass is 31.2. The summed E-state index contributed by atoms with van der Waals surface area (Å²) >= 11 is 0. The molecule has 2 aliphatic carbocycles. The highest BCUT2D eigenvalue weighted by molar-refractivity contribution is 7.59. The number of hydrogen-bond acceptors (Lipinski definition) is 8. The Morgan fingerprint density at radius 1 is 1.02 bits per heavy atom. The average Bonchev–Trinajstić information content (AvgIpc) is 3.34. The number of benzene rings is 1. The standard InChI is InChI=1S/C36H51F3N5O8P/c1-6-22-20-35(22,53(5,49)50)42-30(45)28-19-25(21-44(28)31(46)29(34(2,3)4)41-33(48)51-24-12-8-9-13-24)52-32(47)40-26-18-23(36(37,38)39)14-15-27(26)43-16-10-7-11-17-43/h6,14-15,18,22,24-25,28-29H,1,7-13,16-17,19-21H2,2-5H3,(H,40,47)(H,41,48)(H,42,45)(H,49,50)/t22?,25-,28+,29-,35?/m1/s1. The van der Waals surface area contributed by atoms with Crippen LogP contribution in [-0.2, 0) is 29.8 Å². The van der Waals surface area contributed by atoms with E-state index in [9.17, 15) is 41.8 Å². The molecule has 4 aliphatic rings. The van der Waals surface area contributed by atoms with E-state index >= 15 is 0 Å². The predicted octanol–water partition coefficient (Wildman–Crippen LogP) is 6.22. The number of rotatable bonds is 10. The lowest BCUT2D eigenvalue weighted by molar-refractivity contribution is -0.142. The van der Waals surface area contributed by atoms with Crippen molar-refractivity contribution in [2.75, 3.05) is 36.5 Å². The zero-order valence-electron chi connectivity index (χ0n) is 30.7. The number of halogens is 3. The van der Waals surface area contributed by atoms with Gasteiger partial charge in [-0.25, -0.2) is 9.59 Å². The molecule has 17 heteroatoms. The number of anilines is 2. The van der Waals surface area contributed by atoms with Gasteiger partial charge in [0.25, 0.3) is 0 Å². The van der Waals surface area contributed by atoms with Crippen molar-refractivity contribution in [3.8, 4) is 0 Å². The van der Waals surface area contributed by atoms with Gasteiger partial charge < -0.3 is 34.8 Å². The normalized spacial score (nSPS) is 26.6. The summed E-state index contributed by atoms with van der Waals surface area (Å²) in [5, 5.41) is 6.32. The second-order valence-electron chi connectivity index (χ2n) is 15.8. The number of carbonyl (C=O) groups excluding carboxylic acids is 4. The molecule has 1 aromatic carbocycles. The van der Waals surface area contributed by atoms with Gasteiger partial charge in [0, 0.05) is 32.1 Å². The summed E-state index contributed by atoms with van der Waals surface area (Å²) < 4.78 is 65.3. The number of hydrogen-bond donors (Lipinski definition) is 4. The van der Waals surface area contributed by atoms with Crippen LogP contribution in [0.1, 0.15) is 84.1 Å². The van der Waals surface area contributed by atoms with E-state index in [1.165, 1.54) is 17.0 Å². The number of carbonyl (C=O) groups is 4. The number of nitrogens with zero attached hydrogens (tertiary/aromatic N) is 2. The van der Waals surface area contributed by atoms with Crippen molar-refractivity contribution >= 4 is 42.7 Å². The molecule has 2 aliphatic heterocycles. The number of alkyl halides is 3. The van der Waals surface area contributed by atoms with Crippen molar-refractivity contribution in [3.63, 3.8) is 0 Å². The minimum Gasteiger partial charge on any atom is -0.446 e. The second kappa shape index (κ2) is 15.5. The van der Waals surface area contributed by atoms with Crippen molar-refractivity contribution < 1.29 is 51.3 Å². The zero-order chi connectivity index (χ0) is 38.9. The van der Waals surface area contributed by atoms with Gasteiger partial charge >= 0.3 is 18.4 Å². The van der Waals surface area contributed by atoms with Gasteiger partial charge in [0.2, 0.25) is 19.2 Å². The molecule has 2 saturated carbocycles. The summed E-state index contributed by atoms with van der Waals surface area (Å²) in [6, 6.07) is 0.625. The lowest BCUT2D eigenvalue weighted by Crippen LogP contribution is -2.58. The van der Waals surface area contributed by atoms with Gasteiger partial charge in [0.15, 0.2) is 0 Å². The zero-order valence-corrected chi connectivity index (χ0v) is 31.6. The molecule has 1 aromatic rings. The smallest absolute Gasteiger partial charge is 0.416 e. The largest absolute Gasteiger partial charge is 0.446 e. The topological polar surface area (TPSA) is 167 Å². The van der Waals surface area contributed by atoms with Crippen LogP contribution in [0.25, 0.3) is 0 Å². The molecule has 2 saturated heterocycles. The number of likely N-dealkylation sites (tertiary alicyclic amines) is 1. The molecular weight excluding hydrogens is 718 g/mol. The molecule has 53 heavy (non-hydrogen) atoms. The van der Waals surface area contributed by atoms with Gasteiger partial charge in [0.1, 0.15) is 29.6 Å². The van der Waals surface area contributed by atoms with E-state index in [4.69, 9.17) is 9.47 Å². The van der Waals surface area contributed by atoms with Gasteiger partial charge in [-0.05, 0) is 75.0 Å². The summed E-state index contributed by atoms with van der Waals surface area (Å²) in [5.74, 6) is -1.94. The first-order chi connectivity index (χ1) is 24.7. The molecule has 4 N–H and O–H groups in total. The molecule has 294 valence electrons. The lowest BCUT2D eigenvalue weighted by Gasteiger charge is -2.35. The maximum Gasteiger partial charge on any atom is 0.416 e. The number of nitrogens with one attached hydrogen (secondary N) is 3. The van der Waals surface area contributed by atoms with E-state index in [0.29, 0.717) is 31.6 Å². The molecule has 6 atom stereocenters. The number of amides is 4. The van der Waals surface area contributed by atoms with Crippen molar-refractivity contribution in [3.05, 3.63) is 36.4 Å². The van der Waals surface area contributed by atoms with E-state index in [1.807, 2.05) is 4.90 Å². The van der Waals surface area contributed by atoms with Gasteiger partial charge in [0.05, 0.1) is 23.5 Å². The third kappa shape index (κ3) is 9.30. The van der Waals surface area contributed by atoms with Gasteiger partial charge in [-0.3, -0.25) is 19.5 Å². The molecule has 4 amide bonds. The van der Waals surface area contributed by atoms with Crippen molar-refractivity contribution in [2.24, 2.45) is 11.3 Å². The molecule has 13 nitrogen and oxygen atoms in total. The Hall–Kier alpha value is -3.78. The monoisotopic (exact) mass is 769 g/mol. The Balaban J connectivity index is 1.39. The van der Waals surface area contributed by atoms with Crippen LogP contribution in [0.2, 0.25) is 0 Å². The SMILES string of the molecule is C=CC1CC1(NC(=O)[C@@H]1C[C@@H](OC(=O)Nc2cc(C(F)(F)F)ccc2N2CCCCC2)CN1C(=O)[C@@H](NC(=O)OC1CCCC1)C(C)(C)C)P(C)(=O)O. The predicted molar refractivity (Wildman–Crippen MR) is 192 cm³/mol. The Labute approximate surface area is 307 Å². The van der Waals surface area contributed by atoms with Gasteiger partial charge in [-0.15, -0.1) is 6.58 Å². The van der Waals surface area contributed by atoms with E-state index < -0.39 is 77.9 Å². The number of piperidine rings is 1. The maximum atomic E-state index is 14.3.